The molecule has 0 atom stereocenters. The number of amides is 1. The molecule has 1 N–H and O–H groups in total. The van der Waals surface area contributed by atoms with E-state index in [1.165, 1.54) is 0 Å². The number of carbonyl (C=O) groups is 1. The van der Waals surface area contributed by atoms with Crippen LogP contribution in [-0.4, -0.2) is 5.91 Å². The van der Waals surface area contributed by atoms with E-state index in [1.54, 1.807) is 0 Å². The molecule has 0 spiro atoms. The summed E-state index contributed by atoms with van der Waals surface area (Å²) in [5, 5.41) is 2.95. The molecule has 1 aromatic carbocycles. The van der Waals surface area contributed by atoms with Crippen molar-refractivity contribution in [3.05, 3.63) is 27.7 Å². The number of hydrogen-bond donors (Lipinski definition) is 1. The van der Waals surface area contributed by atoms with Crippen molar-refractivity contribution in [1.29, 1.82) is 0 Å². The van der Waals surface area contributed by atoms with E-state index in [0.29, 0.717) is 0 Å². The summed E-state index contributed by atoms with van der Waals surface area (Å²) in [6.45, 7) is 4.06. The van der Waals surface area contributed by atoms with E-state index in [4.69, 9.17) is 0 Å². The number of aryl methyl sites for hydroxylation is 2. The van der Waals surface area contributed by atoms with Gasteiger partial charge in [-0.25, -0.2) is 0 Å². The molecule has 80 valence electrons. The molecular weight excluding hydrogens is 254 g/mol. The van der Waals surface area contributed by atoms with Gasteiger partial charge in [0.15, 0.2) is 0 Å². The summed E-state index contributed by atoms with van der Waals surface area (Å²) in [7, 11) is 0. The molecule has 15 heavy (non-hydrogen) atoms. The Morgan fingerprint density at radius 2 is 1.87 bits per heavy atom. The van der Waals surface area contributed by atoms with Crippen molar-refractivity contribution in [3.63, 3.8) is 0 Å². The van der Waals surface area contributed by atoms with Crippen LogP contribution in [0.25, 0.3) is 0 Å². The van der Waals surface area contributed by atoms with Gasteiger partial charge in [-0.2, -0.15) is 0 Å². The largest absolute Gasteiger partial charge is 0.326 e. The fourth-order valence-electron chi connectivity index (χ4n) is 1.61. The minimum absolute atomic E-state index is 0.163. The fourth-order valence-corrected chi connectivity index (χ4v) is 1.84. The summed E-state index contributed by atoms with van der Waals surface area (Å²) in [5.74, 6) is 0.422. The molecule has 1 saturated carbocycles. The number of carbonyl (C=O) groups excluding carboxylic acids is 1. The molecule has 3 heteroatoms. The van der Waals surface area contributed by atoms with Gasteiger partial charge >= 0.3 is 0 Å². The average molecular weight is 268 g/mol. The molecule has 0 saturated heterocycles. The van der Waals surface area contributed by atoms with Crippen LogP contribution in [0.3, 0.4) is 0 Å². The number of rotatable bonds is 2. The lowest BCUT2D eigenvalue weighted by molar-refractivity contribution is -0.117. The van der Waals surface area contributed by atoms with Gasteiger partial charge in [0.1, 0.15) is 0 Å². The Labute approximate surface area is 98.2 Å². The zero-order valence-electron chi connectivity index (χ0n) is 8.93. The van der Waals surface area contributed by atoms with Crippen LogP contribution in [-0.2, 0) is 4.79 Å². The number of anilines is 1. The fraction of sp³-hybridized carbons (Fsp3) is 0.417. The second-order valence-corrected chi connectivity index (χ2v) is 4.98. The number of benzene rings is 1. The van der Waals surface area contributed by atoms with Gasteiger partial charge in [-0.3, -0.25) is 4.79 Å². The van der Waals surface area contributed by atoms with E-state index < -0.39 is 0 Å². The van der Waals surface area contributed by atoms with Gasteiger partial charge in [0.05, 0.1) is 0 Å². The predicted octanol–water partition coefficient (Wildman–Crippen LogP) is 3.41. The molecule has 0 bridgehead atoms. The van der Waals surface area contributed by atoms with Gasteiger partial charge in [-0.15, -0.1) is 0 Å². The minimum atomic E-state index is 0.163. The molecule has 0 radical (unpaired) electrons. The van der Waals surface area contributed by atoms with Crippen LogP contribution in [0.4, 0.5) is 5.69 Å². The second kappa shape index (κ2) is 3.97. The Hall–Kier alpha value is -0.830. The molecule has 0 unspecified atom stereocenters. The van der Waals surface area contributed by atoms with Gasteiger partial charge in [0.25, 0.3) is 0 Å². The van der Waals surface area contributed by atoms with Crippen molar-refractivity contribution in [2.24, 2.45) is 5.92 Å². The van der Waals surface area contributed by atoms with Crippen molar-refractivity contribution in [2.45, 2.75) is 26.7 Å². The highest BCUT2D eigenvalue weighted by Crippen LogP contribution is 2.31. The standard InChI is InChI=1S/C12H14BrNO/c1-7-5-10(6-8(2)11(7)13)14-12(15)9-3-4-9/h5-6,9H,3-4H2,1-2H3,(H,14,15). The molecule has 1 aliphatic rings. The summed E-state index contributed by atoms with van der Waals surface area (Å²) >= 11 is 3.51. The summed E-state index contributed by atoms with van der Waals surface area (Å²) in [6.07, 6.45) is 2.08. The first-order valence-corrected chi connectivity index (χ1v) is 5.95. The van der Waals surface area contributed by atoms with E-state index in [0.717, 1.165) is 34.1 Å². The maximum atomic E-state index is 11.6. The van der Waals surface area contributed by atoms with Gasteiger partial charge in [0, 0.05) is 16.1 Å². The first-order valence-electron chi connectivity index (χ1n) is 5.15. The maximum Gasteiger partial charge on any atom is 0.227 e. The van der Waals surface area contributed by atoms with E-state index in [1.807, 2.05) is 26.0 Å². The zero-order valence-corrected chi connectivity index (χ0v) is 10.5. The monoisotopic (exact) mass is 267 g/mol. The number of hydrogen-bond acceptors (Lipinski definition) is 1. The lowest BCUT2D eigenvalue weighted by Crippen LogP contribution is -2.13. The quantitative estimate of drug-likeness (QED) is 0.874. The Bertz CT molecular complexity index is 387. The third-order valence-electron chi connectivity index (χ3n) is 2.65. The van der Waals surface area contributed by atoms with Crippen LogP contribution in [0.5, 0.6) is 0 Å². The molecule has 0 aliphatic heterocycles. The van der Waals surface area contributed by atoms with E-state index in [-0.39, 0.29) is 11.8 Å². The van der Waals surface area contributed by atoms with Gasteiger partial charge in [-0.1, -0.05) is 15.9 Å². The van der Waals surface area contributed by atoms with Crippen LogP contribution in [0.1, 0.15) is 24.0 Å². The Balaban J connectivity index is 2.17. The van der Waals surface area contributed by atoms with Crippen molar-refractivity contribution < 1.29 is 4.79 Å². The third-order valence-corrected chi connectivity index (χ3v) is 3.90. The lowest BCUT2D eigenvalue weighted by atomic mass is 10.1. The smallest absolute Gasteiger partial charge is 0.227 e. The molecule has 1 amide bonds. The van der Waals surface area contributed by atoms with Crippen LogP contribution < -0.4 is 5.32 Å². The van der Waals surface area contributed by atoms with E-state index in [2.05, 4.69) is 21.2 Å². The first-order chi connectivity index (χ1) is 7.08. The highest BCUT2D eigenvalue weighted by Gasteiger charge is 2.29. The molecule has 0 aromatic heterocycles. The summed E-state index contributed by atoms with van der Waals surface area (Å²) in [5.41, 5.74) is 3.22. The van der Waals surface area contributed by atoms with Gasteiger partial charge in [-0.05, 0) is 49.9 Å². The molecule has 2 rings (SSSR count). The molecule has 0 heterocycles. The van der Waals surface area contributed by atoms with Crippen molar-refractivity contribution in [3.8, 4) is 0 Å². The second-order valence-electron chi connectivity index (χ2n) is 4.19. The van der Waals surface area contributed by atoms with Crippen molar-refractivity contribution in [1.82, 2.24) is 0 Å². The first kappa shape index (κ1) is 10.7. The SMILES string of the molecule is Cc1cc(NC(=O)C2CC2)cc(C)c1Br. The van der Waals surface area contributed by atoms with Crippen LogP contribution in [0, 0.1) is 19.8 Å². The predicted molar refractivity (Wildman–Crippen MR) is 65.0 cm³/mol. The molecule has 1 fully saturated rings. The summed E-state index contributed by atoms with van der Waals surface area (Å²) in [4.78, 5) is 11.6. The van der Waals surface area contributed by atoms with Gasteiger partial charge < -0.3 is 5.32 Å². The van der Waals surface area contributed by atoms with Crippen molar-refractivity contribution in [2.75, 3.05) is 5.32 Å². The Morgan fingerprint density at radius 3 is 2.33 bits per heavy atom. The zero-order chi connectivity index (χ0) is 11.0. The van der Waals surface area contributed by atoms with E-state index >= 15 is 0 Å². The molecule has 1 aliphatic carbocycles. The number of halogens is 1. The van der Waals surface area contributed by atoms with Crippen LogP contribution in [0.2, 0.25) is 0 Å². The molecular formula is C12H14BrNO. The molecule has 1 aromatic rings. The van der Waals surface area contributed by atoms with Crippen LogP contribution in [0.15, 0.2) is 16.6 Å². The van der Waals surface area contributed by atoms with Crippen LogP contribution >= 0.6 is 15.9 Å². The Morgan fingerprint density at radius 1 is 1.33 bits per heavy atom. The maximum absolute atomic E-state index is 11.6. The van der Waals surface area contributed by atoms with Crippen molar-refractivity contribution >= 4 is 27.5 Å². The topological polar surface area (TPSA) is 29.1 Å². The Kier molecular flexibility index (Phi) is 2.83. The average Bonchev–Trinajstić information content (AvgIpc) is 2.96. The number of nitrogens with one attached hydrogen (secondary N) is 1. The summed E-state index contributed by atoms with van der Waals surface area (Å²) < 4.78 is 1.12. The highest BCUT2D eigenvalue weighted by atomic mass is 79.9. The minimum Gasteiger partial charge on any atom is -0.326 e. The third kappa shape index (κ3) is 2.40. The molecule has 2 nitrogen and oxygen atoms in total. The highest BCUT2D eigenvalue weighted by molar-refractivity contribution is 9.10. The summed E-state index contributed by atoms with van der Waals surface area (Å²) in [6, 6.07) is 3.99. The lowest BCUT2D eigenvalue weighted by Gasteiger charge is -2.09. The normalized spacial score (nSPS) is 15.1. The van der Waals surface area contributed by atoms with Gasteiger partial charge in [0.2, 0.25) is 5.91 Å². The van der Waals surface area contributed by atoms with E-state index in [9.17, 15) is 4.79 Å².